The number of piperidine rings is 1. The molecule has 0 bridgehead atoms. The lowest BCUT2D eigenvalue weighted by molar-refractivity contribution is 0.132. The molecule has 1 aromatic carbocycles. The molecule has 1 fully saturated rings. The van der Waals surface area contributed by atoms with E-state index < -0.39 is 0 Å². The van der Waals surface area contributed by atoms with E-state index in [0.29, 0.717) is 12.3 Å². The van der Waals surface area contributed by atoms with Gasteiger partial charge in [-0.05, 0) is 37.4 Å². The van der Waals surface area contributed by atoms with E-state index in [4.69, 9.17) is 10.9 Å². The quantitative estimate of drug-likeness (QED) is 0.376. The van der Waals surface area contributed by atoms with E-state index in [1.165, 1.54) is 24.8 Å². The molecule has 0 radical (unpaired) electrons. The Kier molecular flexibility index (Phi) is 5.41. The van der Waals surface area contributed by atoms with Gasteiger partial charge < -0.3 is 10.9 Å². The molecule has 4 heteroatoms. The van der Waals surface area contributed by atoms with Crippen LogP contribution in [0.15, 0.2) is 35.5 Å². The summed E-state index contributed by atoms with van der Waals surface area (Å²) in [6, 6.07) is 10.6. The van der Waals surface area contributed by atoms with Crippen LogP contribution in [0.2, 0.25) is 0 Å². The number of hydrogen-bond acceptors (Lipinski definition) is 3. The highest BCUT2D eigenvalue weighted by atomic mass is 16.4. The van der Waals surface area contributed by atoms with Crippen LogP contribution in [0.3, 0.4) is 0 Å². The van der Waals surface area contributed by atoms with Gasteiger partial charge in [0.25, 0.3) is 0 Å². The van der Waals surface area contributed by atoms with Crippen molar-refractivity contribution in [2.24, 2.45) is 16.8 Å². The van der Waals surface area contributed by atoms with E-state index in [-0.39, 0.29) is 6.04 Å². The molecule has 1 aliphatic heterocycles. The number of hydrogen-bond donors (Lipinski definition) is 2. The monoisotopic (exact) mass is 275 g/mol. The van der Waals surface area contributed by atoms with Crippen LogP contribution in [-0.4, -0.2) is 29.0 Å². The van der Waals surface area contributed by atoms with Crippen LogP contribution in [0, 0.1) is 5.92 Å². The summed E-state index contributed by atoms with van der Waals surface area (Å²) in [5, 5.41) is 12.0. The SMILES string of the molecule is CCC1CCN(C(CC(N)=NO)c2ccccc2)CC1. The minimum absolute atomic E-state index is 0.213. The molecule has 4 nitrogen and oxygen atoms in total. The summed E-state index contributed by atoms with van der Waals surface area (Å²) in [5.74, 6) is 1.16. The standard InChI is InChI=1S/C16H25N3O/c1-2-13-8-10-19(11-9-13)15(12-16(17)18-20)14-6-4-3-5-7-14/h3-7,13,15,20H,2,8-12H2,1H3,(H2,17,18). The highest BCUT2D eigenvalue weighted by Crippen LogP contribution is 2.30. The van der Waals surface area contributed by atoms with E-state index >= 15 is 0 Å². The fraction of sp³-hybridized carbons (Fsp3) is 0.562. The predicted octanol–water partition coefficient (Wildman–Crippen LogP) is 2.99. The average molecular weight is 275 g/mol. The Labute approximate surface area is 121 Å². The Hall–Kier alpha value is -1.55. The van der Waals surface area contributed by atoms with E-state index in [2.05, 4.69) is 29.1 Å². The van der Waals surface area contributed by atoms with Crippen molar-refractivity contribution in [1.29, 1.82) is 0 Å². The fourth-order valence-corrected chi connectivity index (χ4v) is 3.04. The number of likely N-dealkylation sites (tertiary alicyclic amines) is 1. The van der Waals surface area contributed by atoms with Crippen LogP contribution in [0.1, 0.15) is 44.2 Å². The lowest BCUT2D eigenvalue weighted by Crippen LogP contribution is -2.38. The second-order valence-corrected chi connectivity index (χ2v) is 5.61. The van der Waals surface area contributed by atoms with Gasteiger partial charge in [-0.3, -0.25) is 4.90 Å². The van der Waals surface area contributed by atoms with E-state index in [9.17, 15) is 0 Å². The highest BCUT2D eigenvalue weighted by molar-refractivity contribution is 5.80. The number of amidine groups is 1. The summed E-state index contributed by atoms with van der Waals surface area (Å²) >= 11 is 0. The van der Waals surface area contributed by atoms with Crippen molar-refractivity contribution < 1.29 is 5.21 Å². The topological polar surface area (TPSA) is 61.8 Å². The van der Waals surface area contributed by atoms with Gasteiger partial charge in [0.05, 0.1) is 0 Å². The Morgan fingerprint density at radius 3 is 2.55 bits per heavy atom. The first-order valence-corrected chi connectivity index (χ1v) is 7.50. The normalized spacial score (nSPS) is 19.9. The number of rotatable bonds is 5. The zero-order valence-electron chi connectivity index (χ0n) is 12.2. The maximum absolute atomic E-state index is 8.85. The summed E-state index contributed by atoms with van der Waals surface area (Å²) in [4.78, 5) is 2.47. The van der Waals surface area contributed by atoms with Gasteiger partial charge in [-0.1, -0.05) is 48.8 Å². The number of nitrogens with two attached hydrogens (primary N) is 1. The largest absolute Gasteiger partial charge is 0.409 e. The predicted molar refractivity (Wildman–Crippen MR) is 81.8 cm³/mol. The molecule has 2 rings (SSSR count). The van der Waals surface area contributed by atoms with Crippen LogP contribution in [0.25, 0.3) is 0 Å². The van der Waals surface area contributed by atoms with Crippen LogP contribution >= 0.6 is 0 Å². The van der Waals surface area contributed by atoms with Gasteiger partial charge in [0.1, 0.15) is 5.84 Å². The van der Waals surface area contributed by atoms with Gasteiger partial charge in [-0.25, -0.2) is 0 Å². The summed E-state index contributed by atoms with van der Waals surface area (Å²) in [6.07, 6.45) is 4.34. The summed E-state index contributed by atoms with van der Waals surface area (Å²) in [5.41, 5.74) is 6.99. The zero-order valence-corrected chi connectivity index (χ0v) is 12.2. The molecule has 1 saturated heterocycles. The molecular formula is C16H25N3O. The maximum Gasteiger partial charge on any atom is 0.141 e. The van der Waals surface area contributed by atoms with Crippen LogP contribution in [0.4, 0.5) is 0 Å². The summed E-state index contributed by atoms with van der Waals surface area (Å²) < 4.78 is 0. The number of benzene rings is 1. The first kappa shape index (κ1) is 14.9. The minimum atomic E-state index is 0.213. The molecule has 0 spiro atoms. The zero-order chi connectivity index (χ0) is 14.4. The van der Waals surface area contributed by atoms with Crippen molar-refractivity contribution >= 4 is 5.84 Å². The van der Waals surface area contributed by atoms with Crippen molar-refractivity contribution in [1.82, 2.24) is 4.90 Å². The lowest BCUT2D eigenvalue weighted by Gasteiger charge is -2.37. The third-order valence-corrected chi connectivity index (χ3v) is 4.38. The molecule has 1 atom stereocenters. The highest BCUT2D eigenvalue weighted by Gasteiger charge is 2.26. The van der Waals surface area contributed by atoms with Crippen molar-refractivity contribution in [3.8, 4) is 0 Å². The Bertz CT molecular complexity index is 425. The van der Waals surface area contributed by atoms with E-state index in [0.717, 1.165) is 19.0 Å². The van der Waals surface area contributed by atoms with E-state index in [1.807, 2.05) is 18.2 Å². The molecule has 1 heterocycles. The molecule has 20 heavy (non-hydrogen) atoms. The molecule has 0 saturated carbocycles. The van der Waals surface area contributed by atoms with Crippen LogP contribution < -0.4 is 5.73 Å². The van der Waals surface area contributed by atoms with Gasteiger partial charge >= 0.3 is 0 Å². The van der Waals surface area contributed by atoms with Crippen LogP contribution in [-0.2, 0) is 0 Å². The number of nitrogens with zero attached hydrogens (tertiary/aromatic N) is 2. The van der Waals surface area contributed by atoms with E-state index in [1.54, 1.807) is 0 Å². The number of oxime groups is 1. The third-order valence-electron chi connectivity index (χ3n) is 4.38. The smallest absolute Gasteiger partial charge is 0.141 e. The second-order valence-electron chi connectivity index (χ2n) is 5.61. The molecule has 1 unspecified atom stereocenters. The molecule has 1 aromatic rings. The van der Waals surface area contributed by atoms with Gasteiger partial charge in [-0.15, -0.1) is 0 Å². The molecule has 0 aliphatic carbocycles. The Balaban J connectivity index is 2.11. The van der Waals surface area contributed by atoms with Gasteiger partial charge in [0.2, 0.25) is 0 Å². The Morgan fingerprint density at radius 2 is 2.00 bits per heavy atom. The van der Waals surface area contributed by atoms with Gasteiger partial charge in [-0.2, -0.15) is 0 Å². The molecule has 3 N–H and O–H groups in total. The first-order valence-electron chi connectivity index (χ1n) is 7.50. The van der Waals surface area contributed by atoms with Crippen molar-refractivity contribution in [2.45, 2.75) is 38.6 Å². The van der Waals surface area contributed by atoms with Crippen molar-refractivity contribution in [2.75, 3.05) is 13.1 Å². The molecule has 110 valence electrons. The first-order chi connectivity index (χ1) is 9.74. The molecule has 1 aliphatic rings. The fourth-order valence-electron chi connectivity index (χ4n) is 3.04. The van der Waals surface area contributed by atoms with Crippen molar-refractivity contribution in [3.05, 3.63) is 35.9 Å². The molecule has 0 amide bonds. The summed E-state index contributed by atoms with van der Waals surface area (Å²) in [7, 11) is 0. The van der Waals surface area contributed by atoms with Crippen molar-refractivity contribution in [3.63, 3.8) is 0 Å². The maximum atomic E-state index is 8.85. The summed E-state index contributed by atoms with van der Waals surface area (Å²) in [6.45, 7) is 4.46. The molecular weight excluding hydrogens is 250 g/mol. The molecule has 0 aromatic heterocycles. The van der Waals surface area contributed by atoms with Gasteiger partial charge in [0.15, 0.2) is 0 Å². The lowest BCUT2D eigenvalue weighted by atomic mass is 9.91. The third kappa shape index (κ3) is 3.73. The van der Waals surface area contributed by atoms with Crippen LogP contribution in [0.5, 0.6) is 0 Å². The second kappa shape index (κ2) is 7.29. The average Bonchev–Trinajstić information content (AvgIpc) is 2.53. The van der Waals surface area contributed by atoms with Gasteiger partial charge in [0, 0.05) is 12.5 Å². The Morgan fingerprint density at radius 1 is 1.35 bits per heavy atom. The minimum Gasteiger partial charge on any atom is -0.409 e.